The van der Waals surface area contributed by atoms with Crippen LogP contribution in [0.1, 0.15) is 13.8 Å². The molecule has 0 saturated heterocycles. The van der Waals surface area contributed by atoms with E-state index in [1.807, 2.05) is 156 Å². The molecule has 0 amide bonds. The molecule has 0 atom stereocenters. The third-order valence-corrected chi connectivity index (χ3v) is 16.6. The fraction of sp³-hybridized carbons (Fsp3) is 0.0250. The summed E-state index contributed by atoms with van der Waals surface area (Å²) in [6, 6.07) is 78.3. The van der Waals surface area contributed by atoms with Gasteiger partial charge in [-0.3, -0.25) is 42.9 Å². The molecule has 0 bridgehead atoms. The monoisotopic (exact) mass is 1480 g/mol. The van der Waals surface area contributed by atoms with Crippen molar-refractivity contribution in [3.8, 4) is 34.6 Å². The van der Waals surface area contributed by atoms with Crippen LogP contribution in [0.5, 0.6) is 23.0 Å². The van der Waals surface area contributed by atoms with E-state index in [-0.39, 0.29) is 40.8 Å². The number of ether oxygens (including phenoxy) is 2. The number of nitrogens with zero attached hydrogens (tertiary/aromatic N) is 12. The number of aromatic nitrogens is 8. The number of carboxylic acids is 2. The van der Waals surface area contributed by atoms with Crippen LogP contribution in [0.15, 0.2) is 231 Å². The van der Waals surface area contributed by atoms with Gasteiger partial charge in [0.05, 0.1) is 65.0 Å². The SMILES string of the molecule is CC(=O)O.CC(=O)O.[C-]#[N+]c1cc2c3ccc(Oc4[c-]c5c(cc4)c4ccccc4n5-c4ccccn4)[c-]c3c3nc4ccccc4n3c2cc1[N+]#[C-].[C-]#[N+]c1cc2c3ccc(Oc4ccc5c6ccccc6n(-c6ccccn6)c5c4)cc3c3nc4ccccc4n3c2cc1[N+]#[C-].[Pd+2].[Pd]. The minimum atomic E-state index is -0.833. The van der Waals surface area contributed by atoms with Crippen LogP contribution < -0.4 is 9.47 Å². The van der Waals surface area contributed by atoms with E-state index in [9.17, 15) is 0 Å². The van der Waals surface area contributed by atoms with Crippen molar-refractivity contribution in [3.05, 3.63) is 289 Å². The van der Waals surface area contributed by atoms with Gasteiger partial charge in [-0.2, -0.15) is 6.07 Å². The molecule has 0 aliphatic heterocycles. The first kappa shape index (κ1) is 65.5. The number of imidazole rings is 2. The molecule has 0 aliphatic rings. The molecule has 8 aromatic heterocycles. The van der Waals surface area contributed by atoms with Crippen LogP contribution in [0.2, 0.25) is 0 Å². The molecule has 8 heterocycles. The van der Waals surface area contributed by atoms with E-state index in [4.69, 9.17) is 65.5 Å². The predicted octanol–water partition coefficient (Wildman–Crippen LogP) is 20.1. The molecule has 0 aliphatic carbocycles. The second kappa shape index (κ2) is 27.2. The number of hydrogen-bond acceptors (Lipinski definition) is 8. The first-order valence-corrected chi connectivity index (χ1v) is 30.5. The van der Waals surface area contributed by atoms with Crippen molar-refractivity contribution in [2.24, 2.45) is 0 Å². The van der Waals surface area contributed by atoms with Gasteiger partial charge < -0.3 is 28.7 Å². The van der Waals surface area contributed by atoms with Gasteiger partial charge in [-0.1, -0.05) is 113 Å². The molecular formula is C80H46N12O6Pd2. The summed E-state index contributed by atoms with van der Waals surface area (Å²) in [6.45, 7) is 32.9. The van der Waals surface area contributed by atoms with Crippen LogP contribution in [0.4, 0.5) is 22.7 Å². The molecule has 2 N–H and O–H groups in total. The maximum absolute atomic E-state index is 9.00. The fourth-order valence-electron chi connectivity index (χ4n) is 12.8. The molecule has 0 spiro atoms. The van der Waals surface area contributed by atoms with E-state index in [0.717, 1.165) is 140 Å². The average molecular weight is 1480 g/mol. The van der Waals surface area contributed by atoms with Crippen LogP contribution in [0.25, 0.3) is 151 Å². The van der Waals surface area contributed by atoms with Gasteiger partial charge in [0.2, 0.25) is 0 Å². The van der Waals surface area contributed by atoms with Gasteiger partial charge in [-0.25, -0.2) is 15.0 Å². The van der Waals surface area contributed by atoms with Crippen molar-refractivity contribution < 1.29 is 70.1 Å². The van der Waals surface area contributed by atoms with Gasteiger partial charge >= 0.3 is 20.4 Å². The molecule has 18 aromatic rings. The number of pyridine rings is 4. The molecular weight excluding hydrogens is 1440 g/mol. The van der Waals surface area contributed by atoms with Crippen LogP contribution in [0.3, 0.4) is 0 Å². The van der Waals surface area contributed by atoms with Crippen molar-refractivity contribution >= 4 is 155 Å². The molecule has 0 saturated carbocycles. The van der Waals surface area contributed by atoms with Crippen molar-refractivity contribution in [1.29, 1.82) is 0 Å². The van der Waals surface area contributed by atoms with Gasteiger partial charge in [0.25, 0.3) is 11.9 Å². The topological polar surface area (TPSA) is 181 Å². The normalized spacial score (nSPS) is 10.9. The summed E-state index contributed by atoms with van der Waals surface area (Å²) in [5.74, 6) is 2.39. The second-order valence-corrected chi connectivity index (χ2v) is 22.6. The molecule has 0 radical (unpaired) electrons. The number of carboxylic acid groups (broad SMARTS) is 2. The summed E-state index contributed by atoms with van der Waals surface area (Å²) in [6.07, 6.45) is 3.59. The zero-order valence-corrected chi connectivity index (χ0v) is 55.6. The van der Waals surface area contributed by atoms with E-state index < -0.39 is 11.9 Å². The van der Waals surface area contributed by atoms with E-state index in [1.165, 1.54) is 0 Å². The van der Waals surface area contributed by atoms with Crippen LogP contribution in [-0.2, 0) is 50.4 Å². The van der Waals surface area contributed by atoms with Crippen molar-refractivity contribution in [2.75, 3.05) is 0 Å². The number of fused-ring (bicyclic) bond motifs is 22. The molecule has 100 heavy (non-hydrogen) atoms. The van der Waals surface area contributed by atoms with Gasteiger partial charge in [-0.15, -0.1) is 29.7 Å². The Balaban J connectivity index is 0.000000159. The number of aliphatic carboxylic acids is 2. The third kappa shape index (κ3) is 11.6. The third-order valence-electron chi connectivity index (χ3n) is 16.6. The van der Waals surface area contributed by atoms with Crippen molar-refractivity contribution in [2.45, 2.75) is 13.8 Å². The summed E-state index contributed by atoms with van der Waals surface area (Å²) in [4.78, 5) is 51.8. The van der Waals surface area contributed by atoms with Crippen molar-refractivity contribution in [3.63, 3.8) is 0 Å². The molecule has 0 fully saturated rings. The number of hydrogen-bond donors (Lipinski definition) is 2. The number of benzene rings is 10. The Morgan fingerprint density at radius 2 is 0.830 bits per heavy atom. The largest absolute Gasteiger partial charge is 2.00 e. The maximum Gasteiger partial charge on any atom is 2.00 e. The van der Waals surface area contributed by atoms with Crippen molar-refractivity contribution in [1.82, 2.24) is 37.9 Å². The standard InChI is InChI=1S/C38H20N6O.C38H18N6O.2C2H4O2.2Pd/c2*1-39-31-21-28-25-16-14-23(19-29(25)38-42-30-10-4-6-12-34(30)44(38)36(28)22-32(31)40-2)45-24-15-17-27-26-9-3-5-11-33(26)43(35(27)20-24)37-13-7-8-18-41-37;2*1-2(3)4;;/h3-22H;3-18,21-22H;2*1H3,(H,3,4);;/q;-2;;;;+2. The quantitative estimate of drug-likeness (QED) is 0.0924. The molecule has 482 valence electrons. The first-order chi connectivity index (χ1) is 47.9. The second-order valence-electron chi connectivity index (χ2n) is 22.6. The minimum Gasteiger partial charge on any atom is -0.503 e. The summed E-state index contributed by atoms with van der Waals surface area (Å²) in [5, 5.41) is 24.4. The number of rotatable bonds is 6. The Labute approximate surface area is 596 Å². The Bertz CT molecular complexity index is 6150. The van der Waals surface area contributed by atoms with Crippen LogP contribution in [-0.4, -0.2) is 60.0 Å². The molecule has 0 unspecified atom stereocenters. The summed E-state index contributed by atoms with van der Waals surface area (Å²) in [7, 11) is 0. The number of carbonyl (C=O) groups is 2. The Kier molecular flexibility index (Phi) is 17.8. The van der Waals surface area contributed by atoms with Gasteiger partial charge in [0.15, 0.2) is 22.7 Å². The maximum atomic E-state index is 9.00. The van der Waals surface area contributed by atoms with E-state index >= 15 is 0 Å². The Morgan fingerprint density at radius 1 is 0.400 bits per heavy atom. The smallest absolute Gasteiger partial charge is 0.503 e. The Hall–Kier alpha value is -13.1. The van der Waals surface area contributed by atoms with Gasteiger partial charge in [-0.05, 0) is 119 Å². The zero-order valence-electron chi connectivity index (χ0n) is 52.5. The Morgan fingerprint density at radius 3 is 1.40 bits per heavy atom. The van der Waals surface area contributed by atoms with Crippen LogP contribution >= 0.6 is 0 Å². The van der Waals surface area contributed by atoms with Gasteiger partial charge in [0, 0.05) is 96.9 Å². The van der Waals surface area contributed by atoms with Crippen LogP contribution in [0, 0.1) is 38.4 Å². The first-order valence-electron chi connectivity index (χ1n) is 30.5. The predicted molar refractivity (Wildman–Crippen MR) is 382 cm³/mol. The molecule has 10 aromatic carbocycles. The zero-order chi connectivity index (χ0) is 67.3. The summed E-state index contributed by atoms with van der Waals surface area (Å²) in [5.41, 5.74) is 11.9. The van der Waals surface area contributed by atoms with Gasteiger partial charge in [0.1, 0.15) is 28.8 Å². The minimum absolute atomic E-state index is 0. The average Bonchev–Trinajstić information content (AvgIpc) is 1.46. The van der Waals surface area contributed by atoms with E-state index in [2.05, 4.69) is 104 Å². The summed E-state index contributed by atoms with van der Waals surface area (Å²) >= 11 is 0. The van der Waals surface area contributed by atoms with E-state index in [0.29, 0.717) is 51.4 Å². The molecule has 20 heteroatoms. The van der Waals surface area contributed by atoms with E-state index in [1.54, 1.807) is 30.6 Å². The molecule has 18 nitrogen and oxygen atoms in total. The summed E-state index contributed by atoms with van der Waals surface area (Å²) < 4.78 is 21.3. The fourth-order valence-corrected chi connectivity index (χ4v) is 12.8. The number of para-hydroxylation sites is 6. The molecule has 18 rings (SSSR count).